The Balaban J connectivity index is 1.78. The van der Waals surface area contributed by atoms with Crippen molar-refractivity contribution in [2.24, 2.45) is 5.73 Å². The maximum atomic E-state index is 12.1. The van der Waals surface area contributed by atoms with Gasteiger partial charge in [-0.15, -0.1) is 0 Å². The van der Waals surface area contributed by atoms with E-state index in [1.54, 1.807) is 0 Å². The quantitative estimate of drug-likeness (QED) is 0.679. The molecule has 5 heteroatoms. The Labute approximate surface area is 115 Å². The molecule has 100 valence electrons. The van der Waals surface area contributed by atoms with Crippen molar-refractivity contribution in [1.82, 2.24) is 9.97 Å². The summed E-state index contributed by atoms with van der Waals surface area (Å²) in [6.07, 6.45) is 0. The van der Waals surface area contributed by atoms with Gasteiger partial charge in [-0.2, -0.15) is 0 Å². The second kappa shape index (κ2) is 5.14. The zero-order valence-electron chi connectivity index (χ0n) is 10.7. The molecular weight excluding hydrogens is 252 g/mol. The summed E-state index contributed by atoms with van der Waals surface area (Å²) in [4.78, 5) is 19.4. The summed E-state index contributed by atoms with van der Waals surface area (Å²) in [5, 5.41) is 2.70. The molecule has 1 amide bonds. The number of hydrogen-bond donors (Lipinski definition) is 3. The monoisotopic (exact) mass is 266 g/mol. The van der Waals surface area contributed by atoms with Crippen molar-refractivity contribution in [3.05, 3.63) is 60.2 Å². The van der Waals surface area contributed by atoms with Crippen LogP contribution >= 0.6 is 0 Å². The summed E-state index contributed by atoms with van der Waals surface area (Å²) in [6.45, 7) is 0. The minimum absolute atomic E-state index is 0.296. The van der Waals surface area contributed by atoms with Crippen LogP contribution in [-0.2, 0) is 4.79 Å². The highest BCUT2D eigenvalue weighted by molar-refractivity contribution is 5.95. The minimum atomic E-state index is -0.718. The van der Waals surface area contributed by atoms with E-state index in [1.807, 2.05) is 54.6 Å². The van der Waals surface area contributed by atoms with Gasteiger partial charge < -0.3 is 10.7 Å². The number of rotatable bonds is 3. The van der Waals surface area contributed by atoms with Crippen molar-refractivity contribution in [3.63, 3.8) is 0 Å². The number of nitrogens with two attached hydrogens (primary N) is 1. The number of carbonyl (C=O) groups is 1. The zero-order valence-corrected chi connectivity index (χ0v) is 10.7. The molecule has 0 saturated carbocycles. The Morgan fingerprint density at radius 1 is 1.10 bits per heavy atom. The number of nitrogens with one attached hydrogen (secondary N) is 2. The van der Waals surface area contributed by atoms with E-state index in [9.17, 15) is 4.79 Å². The number of anilines is 1. The van der Waals surface area contributed by atoms with E-state index in [0.717, 1.165) is 16.6 Å². The summed E-state index contributed by atoms with van der Waals surface area (Å²) in [5.41, 5.74) is 8.37. The van der Waals surface area contributed by atoms with Gasteiger partial charge in [0.25, 0.3) is 0 Å². The van der Waals surface area contributed by atoms with Crippen LogP contribution in [0.2, 0.25) is 0 Å². The Bertz CT molecular complexity index is 703. The van der Waals surface area contributed by atoms with Crippen molar-refractivity contribution in [2.45, 2.75) is 6.04 Å². The number of aromatic nitrogens is 2. The van der Waals surface area contributed by atoms with Crippen LogP contribution in [0.15, 0.2) is 54.6 Å². The van der Waals surface area contributed by atoms with E-state index in [-0.39, 0.29) is 5.91 Å². The molecule has 0 aliphatic carbocycles. The van der Waals surface area contributed by atoms with Crippen molar-refractivity contribution >= 4 is 22.9 Å². The first-order valence-corrected chi connectivity index (χ1v) is 6.30. The molecule has 1 heterocycles. The molecule has 4 N–H and O–H groups in total. The van der Waals surface area contributed by atoms with Crippen LogP contribution in [0.4, 0.5) is 5.95 Å². The van der Waals surface area contributed by atoms with Gasteiger partial charge in [-0.3, -0.25) is 10.1 Å². The molecule has 0 aliphatic heterocycles. The molecule has 0 spiro atoms. The average Bonchev–Trinajstić information content (AvgIpc) is 2.89. The molecule has 3 aromatic rings. The van der Waals surface area contributed by atoms with Gasteiger partial charge in [-0.1, -0.05) is 42.5 Å². The largest absolute Gasteiger partial charge is 0.324 e. The van der Waals surface area contributed by atoms with Crippen molar-refractivity contribution in [2.75, 3.05) is 5.32 Å². The van der Waals surface area contributed by atoms with E-state index in [2.05, 4.69) is 15.3 Å². The predicted octanol–water partition coefficient (Wildman–Crippen LogP) is 2.20. The summed E-state index contributed by atoms with van der Waals surface area (Å²) in [7, 11) is 0. The van der Waals surface area contributed by atoms with Crippen LogP contribution in [0.5, 0.6) is 0 Å². The van der Waals surface area contributed by atoms with Gasteiger partial charge in [0.05, 0.1) is 11.0 Å². The molecule has 1 atom stereocenters. The predicted molar refractivity (Wildman–Crippen MR) is 78.1 cm³/mol. The fourth-order valence-electron chi connectivity index (χ4n) is 2.02. The lowest BCUT2D eigenvalue weighted by Gasteiger charge is -2.10. The van der Waals surface area contributed by atoms with Gasteiger partial charge in [0.1, 0.15) is 6.04 Å². The van der Waals surface area contributed by atoms with E-state index in [4.69, 9.17) is 5.73 Å². The SMILES string of the molecule is N[C@H](C(=O)Nc1nc2ccccc2[nH]1)c1ccccc1. The molecule has 0 saturated heterocycles. The molecule has 5 nitrogen and oxygen atoms in total. The highest BCUT2D eigenvalue weighted by atomic mass is 16.2. The van der Waals surface area contributed by atoms with E-state index >= 15 is 0 Å². The highest BCUT2D eigenvalue weighted by Crippen LogP contribution is 2.15. The maximum Gasteiger partial charge on any atom is 0.248 e. The molecule has 20 heavy (non-hydrogen) atoms. The number of nitrogens with zero attached hydrogens (tertiary/aromatic N) is 1. The number of carbonyl (C=O) groups excluding carboxylic acids is 1. The smallest absolute Gasteiger partial charge is 0.248 e. The molecular formula is C15H14N4O. The lowest BCUT2D eigenvalue weighted by atomic mass is 10.1. The Kier molecular flexibility index (Phi) is 3.18. The standard InChI is InChI=1S/C15H14N4O/c16-13(10-6-2-1-3-7-10)14(20)19-15-17-11-8-4-5-9-12(11)18-15/h1-9,13H,16H2,(H2,17,18,19,20)/t13-/m0/s1. The van der Waals surface area contributed by atoms with Crippen molar-refractivity contribution in [3.8, 4) is 0 Å². The van der Waals surface area contributed by atoms with Crippen LogP contribution < -0.4 is 11.1 Å². The number of benzene rings is 2. The third-order valence-corrected chi connectivity index (χ3v) is 3.07. The van der Waals surface area contributed by atoms with Gasteiger partial charge in [0, 0.05) is 0 Å². The molecule has 3 rings (SSSR count). The Morgan fingerprint density at radius 3 is 2.55 bits per heavy atom. The van der Waals surface area contributed by atoms with E-state index < -0.39 is 6.04 Å². The third-order valence-electron chi connectivity index (χ3n) is 3.07. The summed E-state index contributed by atoms with van der Waals surface area (Å²) in [5.74, 6) is 0.109. The fraction of sp³-hybridized carbons (Fsp3) is 0.0667. The average molecular weight is 266 g/mol. The molecule has 1 aromatic heterocycles. The van der Waals surface area contributed by atoms with Gasteiger partial charge in [-0.25, -0.2) is 4.98 Å². The second-order valence-corrected chi connectivity index (χ2v) is 4.48. The number of fused-ring (bicyclic) bond motifs is 1. The summed E-state index contributed by atoms with van der Waals surface area (Å²) >= 11 is 0. The van der Waals surface area contributed by atoms with Gasteiger partial charge >= 0.3 is 0 Å². The van der Waals surface area contributed by atoms with E-state index in [1.165, 1.54) is 0 Å². The second-order valence-electron chi connectivity index (χ2n) is 4.48. The molecule has 0 bridgehead atoms. The van der Waals surface area contributed by atoms with E-state index in [0.29, 0.717) is 5.95 Å². The third kappa shape index (κ3) is 2.39. The molecule has 0 aliphatic rings. The fourth-order valence-corrected chi connectivity index (χ4v) is 2.02. The zero-order chi connectivity index (χ0) is 13.9. The Hall–Kier alpha value is -2.66. The summed E-state index contributed by atoms with van der Waals surface area (Å²) < 4.78 is 0. The van der Waals surface area contributed by atoms with Crippen LogP contribution in [-0.4, -0.2) is 15.9 Å². The summed E-state index contributed by atoms with van der Waals surface area (Å²) in [6, 6.07) is 16.1. The normalized spacial score (nSPS) is 12.2. The van der Waals surface area contributed by atoms with Crippen LogP contribution in [0.25, 0.3) is 11.0 Å². The maximum absolute atomic E-state index is 12.1. The number of H-pyrrole nitrogens is 1. The molecule has 2 aromatic carbocycles. The van der Waals surface area contributed by atoms with Gasteiger partial charge in [0.2, 0.25) is 11.9 Å². The lowest BCUT2D eigenvalue weighted by molar-refractivity contribution is -0.117. The van der Waals surface area contributed by atoms with Crippen LogP contribution in [0, 0.1) is 0 Å². The van der Waals surface area contributed by atoms with Crippen molar-refractivity contribution in [1.29, 1.82) is 0 Å². The minimum Gasteiger partial charge on any atom is -0.324 e. The molecule has 0 radical (unpaired) electrons. The molecule has 0 unspecified atom stereocenters. The van der Waals surface area contributed by atoms with Crippen LogP contribution in [0.1, 0.15) is 11.6 Å². The van der Waals surface area contributed by atoms with Crippen LogP contribution in [0.3, 0.4) is 0 Å². The number of para-hydroxylation sites is 2. The number of hydrogen-bond acceptors (Lipinski definition) is 3. The number of aromatic amines is 1. The van der Waals surface area contributed by atoms with Crippen molar-refractivity contribution < 1.29 is 4.79 Å². The molecule has 0 fully saturated rings. The first-order chi connectivity index (χ1) is 9.74. The number of imidazole rings is 1. The first kappa shape index (κ1) is 12.4. The van der Waals surface area contributed by atoms with Gasteiger partial charge in [-0.05, 0) is 17.7 Å². The Morgan fingerprint density at radius 2 is 1.80 bits per heavy atom. The lowest BCUT2D eigenvalue weighted by Crippen LogP contribution is -2.28. The topological polar surface area (TPSA) is 83.8 Å². The first-order valence-electron chi connectivity index (χ1n) is 6.30. The number of amides is 1. The van der Waals surface area contributed by atoms with Gasteiger partial charge in [0.15, 0.2) is 0 Å². The highest BCUT2D eigenvalue weighted by Gasteiger charge is 2.16.